The van der Waals surface area contributed by atoms with Gasteiger partial charge in [-0.05, 0) is 25.5 Å². The van der Waals surface area contributed by atoms with Crippen LogP contribution in [-0.4, -0.2) is 36.7 Å². The molecule has 1 fully saturated rings. The van der Waals surface area contributed by atoms with Crippen LogP contribution in [0.5, 0.6) is 0 Å². The number of unbranched alkanes of at least 4 members (excludes halogenated alkanes) is 1. The van der Waals surface area contributed by atoms with E-state index in [0.29, 0.717) is 0 Å². The lowest BCUT2D eigenvalue weighted by molar-refractivity contribution is 0.362. The Morgan fingerprint density at radius 2 is 2.13 bits per heavy atom. The Balaban J connectivity index is 1.84. The summed E-state index contributed by atoms with van der Waals surface area (Å²) in [5.74, 6) is 1.01. The van der Waals surface area contributed by atoms with Crippen molar-refractivity contribution in [1.29, 1.82) is 0 Å². The predicted molar refractivity (Wildman–Crippen MR) is 70.0 cm³/mol. The van der Waals surface area contributed by atoms with Gasteiger partial charge in [0.15, 0.2) is 6.16 Å². The topological polar surface area (TPSA) is 55.6 Å². The molecule has 3 unspecified atom stereocenters. The van der Waals surface area contributed by atoms with Crippen molar-refractivity contribution in [2.45, 2.75) is 31.6 Å². The third kappa shape index (κ3) is 6.80. The van der Waals surface area contributed by atoms with E-state index in [4.69, 9.17) is 10.5 Å². The molecule has 1 saturated heterocycles. The van der Waals surface area contributed by atoms with Crippen LogP contribution in [0, 0.1) is 0 Å². The Morgan fingerprint density at radius 1 is 1.40 bits per heavy atom. The first-order chi connectivity index (χ1) is 7.24. The minimum Gasteiger partial charge on any atom is -0.353 e. The van der Waals surface area contributed by atoms with Gasteiger partial charge in [0.2, 0.25) is 0 Å². The van der Waals surface area contributed by atoms with Crippen LogP contribution in [0.1, 0.15) is 19.3 Å². The molecule has 0 aromatic carbocycles. The Labute approximate surface area is 100 Å². The molecular weight excluding hydrogens is 249 g/mol. The second-order valence-electron chi connectivity index (χ2n) is 3.55. The number of hydrogen-bond acceptors (Lipinski definition) is 5. The van der Waals surface area contributed by atoms with Crippen LogP contribution in [0.15, 0.2) is 0 Å². The molecule has 6 heteroatoms. The minimum absolute atomic E-state index is 0.0169. The van der Waals surface area contributed by atoms with Gasteiger partial charge in [-0.1, -0.05) is 26.2 Å². The van der Waals surface area contributed by atoms with Gasteiger partial charge in [0.05, 0.1) is 6.10 Å². The van der Waals surface area contributed by atoms with Crippen molar-refractivity contribution >= 4 is 29.4 Å². The second-order valence-corrected chi connectivity index (χ2v) is 8.10. The standard InChI is InChI=1S/C9H19NO2PS2/c1-14-15-7-6-13(11)5-3-2-4-8-9(10)12-8/h8-9H,2-7,10H2,1H3/q+1. The first kappa shape index (κ1) is 13.8. The maximum Gasteiger partial charge on any atom is 0.339 e. The normalized spacial score (nSPS) is 25.3. The molecular formula is C9H19NO2PS2+. The highest BCUT2D eigenvalue weighted by atomic mass is 33.1. The number of hydrogen-bond donors (Lipinski definition) is 1. The summed E-state index contributed by atoms with van der Waals surface area (Å²) in [4.78, 5) is 0. The van der Waals surface area contributed by atoms with Gasteiger partial charge in [-0.15, -0.1) is 0 Å². The zero-order valence-electron chi connectivity index (χ0n) is 9.05. The average molecular weight is 268 g/mol. The van der Waals surface area contributed by atoms with Crippen LogP contribution in [0.25, 0.3) is 0 Å². The molecule has 0 saturated carbocycles. The quantitative estimate of drug-likeness (QED) is 0.301. The van der Waals surface area contributed by atoms with E-state index in [9.17, 15) is 4.57 Å². The fourth-order valence-electron chi connectivity index (χ4n) is 1.36. The van der Waals surface area contributed by atoms with Crippen molar-refractivity contribution in [3.05, 3.63) is 0 Å². The SMILES string of the molecule is CSSCC[P+](=O)CCCCC1OC1N. The summed E-state index contributed by atoms with van der Waals surface area (Å²) in [6.07, 6.45) is 7.22. The smallest absolute Gasteiger partial charge is 0.339 e. The number of nitrogens with two attached hydrogens (primary N) is 1. The van der Waals surface area contributed by atoms with Crippen molar-refractivity contribution in [2.24, 2.45) is 5.73 Å². The van der Waals surface area contributed by atoms with Gasteiger partial charge in [0, 0.05) is 5.75 Å². The average Bonchev–Trinajstić information content (AvgIpc) is 2.90. The highest BCUT2D eigenvalue weighted by Gasteiger charge is 2.34. The molecule has 0 spiro atoms. The van der Waals surface area contributed by atoms with E-state index in [2.05, 4.69) is 6.26 Å². The summed E-state index contributed by atoms with van der Waals surface area (Å²) >= 11 is 0. The summed E-state index contributed by atoms with van der Waals surface area (Å²) in [6.45, 7) is 0. The van der Waals surface area contributed by atoms with E-state index in [1.807, 2.05) is 0 Å². The lowest BCUT2D eigenvalue weighted by Gasteiger charge is -1.92. The first-order valence-electron chi connectivity index (χ1n) is 5.22. The highest BCUT2D eigenvalue weighted by molar-refractivity contribution is 8.76. The third-order valence-corrected chi connectivity index (χ3v) is 5.96. The lowest BCUT2D eigenvalue weighted by atomic mass is 10.2. The molecule has 3 atom stereocenters. The van der Waals surface area contributed by atoms with Crippen LogP contribution in [0.2, 0.25) is 0 Å². The first-order valence-corrected chi connectivity index (χ1v) is 9.58. The minimum atomic E-state index is -0.970. The van der Waals surface area contributed by atoms with Crippen LogP contribution in [0.3, 0.4) is 0 Å². The van der Waals surface area contributed by atoms with Crippen molar-refractivity contribution in [3.63, 3.8) is 0 Å². The largest absolute Gasteiger partial charge is 0.353 e. The van der Waals surface area contributed by atoms with Gasteiger partial charge >= 0.3 is 7.80 Å². The molecule has 1 rings (SSSR count). The Morgan fingerprint density at radius 3 is 2.73 bits per heavy atom. The van der Waals surface area contributed by atoms with E-state index in [1.54, 1.807) is 21.6 Å². The van der Waals surface area contributed by atoms with Crippen molar-refractivity contribution in [2.75, 3.05) is 24.3 Å². The van der Waals surface area contributed by atoms with E-state index in [-0.39, 0.29) is 12.3 Å². The number of rotatable bonds is 9. The molecule has 0 bridgehead atoms. The maximum atomic E-state index is 11.5. The van der Waals surface area contributed by atoms with Gasteiger partial charge in [0.25, 0.3) is 0 Å². The molecule has 88 valence electrons. The zero-order chi connectivity index (χ0) is 11.1. The molecule has 1 aliphatic heterocycles. The molecule has 1 aliphatic rings. The summed E-state index contributed by atoms with van der Waals surface area (Å²) in [5, 5.41) is 0. The van der Waals surface area contributed by atoms with Crippen LogP contribution >= 0.6 is 29.4 Å². The molecule has 2 N–H and O–H groups in total. The fourth-order valence-corrected chi connectivity index (χ4v) is 4.61. The molecule has 0 aliphatic carbocycles. The number of epoxide rings is 1. The molecule has 0 aromatic rings. The van der Waals surface area contributed by atoms with Crippen molar-refractivity contribution < 1.29 is 9.30 Å². The van der Waals surface area contributed by atoms with Crippen LogP contribution < -0.4 is 5.73 Å². The molecule has 0 amide bonds. The van der Waals surface area contributed by atoms with E-state index in [1.165, 1.54) is 0 Å². The van der Waals surface area contributed by atoms with Gasteiger partial charge in [-0.3, -0.25) is 0 Å². The Hall–Kier alpha value is 0.720. The number of ether oxygens (including phenoxy) is 1. The third-order valence-electron chi connectivity index (χ3n) is 2.31. The van der Waals surface area contributed by atoms with E-state index >= 15 is 0 Å². The molecule has 1 heterocycles. The monoisotopic (exact) mass is 268 g/mol. The maximum absolute atomic E-state index is 11.5. The zero-order valence-corrected chi connectivity index (χ0v) is 11.6. The van der Waals surface area contributed by atoms with Gasteiger partial charge in [0.1, 0.15) is 12.4 Å². The van der Waals surface area contributed by atoms with Crippen LogP contribution in [-0.2, 0) is 9.30 Å². The van der Waals surface area contributed by atoms with Crippen molar-refractivity contribution in [1.82, 2.24) is 0 Å². The van der Waals surface area contributed by atoms with Crippen molar-refractivity contribution in [3.8, 4) is 0 Å². The fraction of sp³-hybridized carbons (Fsp3) is 1.00. The predicted octanol–water partition coefficient (Wildman–Crippen LogP) is 2.68. The van der Waals surface area contributed by atoms with Gasteiger partial charge in [-0.2, -0.15) is 0 Å². The second kappa shape index (κ2) is 7.91. The Bertz CT molecular complexity index is 207. The van der Waals surface area contributed by atoms with E-state index in [0.717, 1.165) is 37.3 Å². The summed E-state index contributed by atoms with van der Waals surface area (Å²) < 4.78 is 16.6. The van der Waals surface area contributed by atoms with Crippen LogP contribution in [0.4, 0.5) is 0 Å². The molecule has 15 heavy (non-hydrogen) atoms. The van der Waals surface area contributed by atoms with Gasteiger partial charge in [-0.25, -0.2) is 0 Å². The molecule has 3 nitrogen and oxygen atoms in total. The molecule has 0 radical (unpaired) electrons. The summed E-state index contributed by atoms with van der Waals surface area (Å²) in [6, 6.07) is 0. The summed E-state index contributed by atoms with van der Waals surface area (Å²) in [7, 11) is 2.56. The summed E-state index contributed by atoms with van der Waals surface area (Å²) in [5.41, 5.74) is 5.50. The lowest BCUT2D eigenvalue weighted by Crippen LogP contribution is -2.05. The van der Waals surface area contributed by atoms with E-state index < -0.39 is 7.80 Å². The van der Waals surface area contributed by atoms with Gasteiger partial charge < -0.3 is 10.5 Å². The Kier molecular flexibility index (Phi) is 7.27. The molecule has 0 aromatic heterocycles. The highest BCUT2D eigenvalue weighted by Crippen LogP contribution is 2.28.